The van der Waals surface area contributed by atoms with Gasteiger partial charge in [-0.1, -0.05) is 6.07 Å². The van der Waals surface area contributed by atoms with Crippen LogP contribution in [0.2, 0.25) is 0 Å². The first-order valence-electron chi connectivity index (χ1n) is 6.12. The van der Waals surface area contributed by atoms with Gasteiger partial charge in [0.05, 0.1) is 26.6 Å². The highest BCUT2D eigenvalue weighted by Crippen LogP contribution is 2.46. The van der Waals surface area contributed by atoms with Crippen LogP contribution in [0.3, 0.4) is 0 Å². The first kappa shape index (κ1) is 16.0. The minimum atomic E-state index is -2.79. The number of hydrogen-bond acceptors (Lipinski definition) is 5. The maximum absolute atomic E-state index is 12.2. The first-order chi connectivity index (χ1) is 8.94. The van der Waals surface area contributed by atoms with E-state index >= 15 is 0 Å². The lowest BCUT2D eigenvalue weighted by Crippen LogP contribution is -2.23. The molecule has 0 aliphatic carbocycles. The summed E-state index contributed by atoms with van der Waals surface area (Å²) in [5.41, 5.74) is 6.91. The fourth-order valence-corrected chi connectivity index (χ4v) is 3.01. The second kappa shape index (κ2) is 6.94. The van der Waals surface area contributed by atoms with Gasteiger partial charge in [-0.15, -0.1) is 0 Å². The van der Waals surface area contributed by atoms with Crippen molar-refractivity contribution in [3.05, 3.63) is 23.8 Å². The molecule has 0 aliphatic heterocycles. The number of benzene rings is 1. The van der Waals surface area contributed by atoms with Crippen molar-refractivity contribution in [1.82, 2.24) is 0 Å². The molecule has 1 aromatic rings. The van der Waals surface area contributed by atoms with E-state index in [0.29, 0.717) is 24.5 Å². The smallest absolute Gasteiger partial charge is 0.216 e. The Kier molecular flexibility index (Phi) is 5.85. The van der Waals surface area contributed by atoms with E-state index in [4.69, 9.17) is 19.7 Å². The first-order valence-corrected chi connectivity index (χ1v) is 8.27. The molecule has 0 saturated heterocycles. The fraction of sp³-hybridized carbons (Fsp3) is 0.538. The van der Waals surface area contributed by atoms with Crippen molar-refractivity contribution in [3.63, 3.8) is 0 Å². The van der Waals surface area contributed by atoms with E-state index in [9.17, 15) is 4.57 Å². The van der Waals surface area contributed by atoms with Gasteiger partial charge in [-0.05, 0) is 31.0 Å². The maximum atomic E-state index is 12.2. The standard InChI is InChI=1S/C13H22NO4P/c1-5-18-19(4,15)13(14)9-10-6-7-11(16-2)12(8-10)17-3/h6-8,13H,5,9,14H2,1-4H3/t13-,19-/m1/s1. The SMILES string of the molecule is CCO[P@@](C)(=O)[C@@H](N)Cc1ccc(OC)c(OC)c1. The largest absolute Gasteiger partial charge is 0.493 e. The highest BCUT2D eigenvalue weighted by molar-refractivity contribution is 7.58. The molecule has 0 aliphatic rings. The van der Waals surface area contributed by atoms with Crippen LogP contribution in [-0.2, 0) is 15.5 Å². The van der Waals surface area contributed by atoms with Crippen LogP contribution in [0.5, 0.6) is 11.5 Å². The van der Waals surface area contributed by atoms with Crippen molar-refractivity contribution in [1.29, 1.82) is 0 Å². The lowest BCUT2D eigenvalue weighted by molar-refractivity contribution is 0.329. The molecule has 0 heterocycles. The summed E-state index contributed by atoms with van der Waals surface area (Å²) >= 11 is 0. The molecule has 0 bridgehead atoms. The predicted molar refractivity (Wildman–Crippen MR) is 76.4 cm³/mol. The van der Waals surface area contributed by atoms with Gasteiger partial charge in [0.25, 0.3) is 0 Å². The second-order valence-corrected chi connectivity index (χ2v) is 7.03. The predicted octanol–water partition coefficient (Wildman–Crippen LogP) is 2.48. The maximum Gasteiger partial charge on any atom is 0.216 e. The van der Waals surface area contributed by atoms with Gasteiger partial charge < -0.3 is 19.7 Å². The van der Waals surface area contributed by atoms with Crippen LogP contribution in [0.25, 0.3) is 0 Å². The molecule has 1 aromatic carbocycles. The van der Waals surface area contributed by atoms with E-state index in [0.717, 1.165) is 5.56 Å². The number of rotatable bonds is 7. The molecule has 5 nitrogen and oxygen atoms in total. The zero-order valence-corrected chi connectivity index (χ0v) is 12.8. The lowest BCUT2D eigenvalue weighted by atomic mass is 10.1. The summed E-state index contributed by atoms with van der Waals surface area (Å²) in [5, 5.41) is 0. The van der Waals surface area contributed by atoms with Crippen molar-refractivity contribution < 1.29 is 18.6 Å². The van der Waals surface area contributed by atoms with Gasteiger partial charge in [-0.3, -0.25) is 4.57 Å². The zero-order valence-electron chi connectivity index (χ0n) is 11.9. The minimum absolute atomic E-state index is 0.396. The third-order valence-electron chi connectivity index (χ3n) is 2.88. The Bertz CT molecular complexity index is 464. The van der Waals surface area contributed by atoms with E-state index < -0.39 is 13.2 Å². The summed E-state index contributed by atoms with van der Waals surface area (Å²) in [6.07, 6.45) is 0.466. The summed E-state index contributed by atoms with van der Waals surface area (Å²) in [6, 6.07) is 5.53. The topological polar surface area (TPSA) is 70.8 Å². The van der Waals surface area contributed by atoms with Gasteiger partial charge in [-0.25, -0.2) is 0 Å². The molecule has 0 unspecified atom stereocenters. The Morgan fingerprint density at radius 3 is 2.42 bits per heavy atom. The van der Waals surface area contributed by atoms with Crippen LogP contribution in [0, 0.1) is 0 Å². The quantitative estimate of drug-likeness (QED) is 0.780. The number of hydrogen-bond donors (Lipinski definition) is 1. The van der Waals surface area contributed by atoms with Crippen molar-refractivity contribution in [2.45, 2.75) is 19.1 Å². The average Bonchev–Trinajstić information content (AvgIpc) is 2.38. The molecule has 6 heteroatoms. The average molecular weight is 287 g/mol. The Balaban J connectivity index is 2.85. The van der Waals surface area contributed by atoms with Crippen molar-refractivity contribution >= 4 is 7.37 Å². The van der Waals surface area contributed by atoms with E-state index in [2.05, 4.69) is 0 Å². The normalized spacial score (nSPS) is 15.6. The van der Waals surface area contributed by atoms with Crippen LogP contribution in [0.1, 0.15) is 12.5 Å². The van der Waals surface area contributed by atoms with Crippen LogP contribution in [0.15, 0.2) is 18.2 Å². The summed E-state index contributed by atoms with van der Waals surface area (Å²) < 4.78 is 27.8. The lowest BCUT2D eigenvalue weighted by Gasteiger charge is -2.20. The van der Waals surface area contributed by atoms with Gasteiger partial charge in [-0.2, -0.15) is 0 Å². The molecule has 0 aromatic heterocycles. The van der Waals surface area contributed by atoms with Crippen LogP contribution < -0.4 is 15.2 Å². The van der Waals surface area contributed by atoms with E-state index in [1.165, 1.54) is 0 Å². The molecule has 2 N–H and O–H groups in total. The molecular weight excluding hydrogens is 265 g/mol. The number of methoxy groups -OCH3 is 2. The molecule has 2 atom stereocenters. The van der Waals surface area contributed by atoms with Crippen LogP contribution >= 0.6 is 7.37 Å². The molecule has 1 rings (SSSR count). The van der Waals surface area contributed by atoms with Gasteiger partial charge in [0.1, 0.15) is 0 Å². The molecule has 0 spiro atoms. The monoisotopic (exact) mass is 287 g/mol. The van der Waals surface area contributed by atoms with Crippen molar-refractivity contribution in [2.24, 2.45) is 5.73 Å². The fourth-order valence-electron chi connectivity index (χ4n) is 1.77. The summed E-state index contributed by atoms with van der Waals surface area (Å²) in [4.78, 5) is 0. The second-order valence-electron chi connectivity index (χ2n) is 4.29. The molecule has 0 radical (unpaired) electrons. The van der Waals surface area contributed by atoms with Gasteiger partial charge >= 0.3 is 0 Å². The van der Waals surface area contributed by atoms with E-state index in [1.807, 2.05) is 18.2 Å². The molecule has 19 heavy (non-hydrogen) atoms. The summed E-state index contributed by atoms with van der Waals surface area (Å²) in [7, 11) is 0.372. The number of nitrogens with two attached hydrogens (primary N) is 1. The highest BCUT2D eigenvalue weighted by atomic mass is 31.2. The molecule has 0 saturated carbocycles. The van der Waals surface area contributed by atoms with Crippen molar-refractivity contribution in [3.8, 4) is 11.5 Å². The van der Waals surface area contributed by atoms with Crippen molar-refractivity contribution in [2.75, 3.05) is 27.5 Å². The molecule has 0 amide bonds. The molecular formula is C13H22NO4P. The summed E-state index contributed by atoms with van der Waals surface area (Å²) in [6.45, 7) is 3.77. The Labute approximate surface area is 114 Å². The zero-order chi connectivity index (χ0) is 14.5. The van der Waals surface area contributed by atoms with Crippen LogP contribution in [-0.4, -0.2) is 33.3 Å². The number of ether oxygens (including phenoxy) is 2. The Morgan fingerprint density at radius 2 is 1.89 bits per heavy atom. The Morgan fingerprint density at radius 1 is 1.26 bits per heavy atom. The third kappa shape index (κ3) is 4.23. The highest BCUT2D eigenvalue weighted by Gasteiger charge is 2.25. The Hall–Kier alpha value is -1.03. The van der Waals surface area contributed by atoms with E-state index in [-0.39, 0.29) is 0 Å². The molecule has 0 fully saturated rings. The van der Waals surface area contributed by atoms with Gasteiger partial charge in [0, 0.05) is 6.66 Å². The van der Waals surface area contributed by atoms with Gasteiger partial charge in [0.2, 0.25) is 7.37 Å². The third-order valence-corrected chi connectivity index (χ3v) is 5.04. The van der Waals surface area contributed by atoms with E-state index in [1.54, 1.807) is 27.8 Å². The molecule has 108 valence electrons. The minimum Gasteiger partial charge on any atom is -0.493 e. The van der Waals surface area contributed by atoms with Crippen LogP contribution in [0.4, 0.5) is 0 Å². The van der Waals surface area contributed by atoms with Gasteiger partial charge in [0.15, 0.2) is 11.5 Å². The summed E-state index contributed by atoms with van der Waals surface area (Å²) in [5.74, 6) is 0.768.